The van der Waals surface area contributed by atoms with Crippen LogP contribution in [0.2, 0.25) is 0 Å². The van der Waals surface area contributed by atoms with E-state index < -0.39 is 16.9 Å². The summed E-state index contributed by atoms with van der Waals surface area (Å²) in [4.78, 5) is 39.1. The highest BCUT2D eigenvalue weighted by Crippen LogP contribution is 2.54. The number of hydrogen-bond donors (Lipinski definition) is 0. The van der Waals surface area contributed by atoms with Crippen molar-refractivity contribution >= 4 is 29.4 Å². The lowest BCUT2D eigenvalue weighted by Crippen LogP contribution is -2.47. The number of esters is 1. The van der Waals surface area contributed by atoms with Gasteiger partial charge in [0.2, 0.25) is 11.7 Å². The lowest BCUT2D eigenvalue weighted by atomic mass is 9.97. The normalized spacial score (nSPS) is 22.5. The molecule has 162 valence electrons. The van der Waals surface area contributed by atoms with E-state index in [9.17, 15) is 18.8 Å². The van der Waals surface area contributed by atoms with Crippen LogP contribution in [-0.2, 0) is 19.2 Å². The number of rotatable bonds is 5. The number of hydrogen-bond acceptors (Lipinski definition) is 5. The monoisotopic (exact) mass is 441 g/mol. The maximum Gasteiger partial charge on any atom is 0.330 e. The van der Waals surface area contributed by atoms with E-state index in [1.807, 2.05) is 32.9 Å². The van der Waals surface area contributed by atoms with E-state index in [0.717, 1.165) is 22.3 Å². The van der Waals surface area contributed by atoms with Crippen LogP contribution in [0.3, 0.4) is 0 Å². The molecule has 2 atom stereocenters. The van der Waals surface area contributed by atoms with Crippen LogP contribution in [0.5, 0.6) is 0 Å². The number of Topliss-reactive ketones (excluding diaryl/α,β-unsaturated/α-hetero) is 1. The van der Waals surface area contributed by atoms with Crippen molar-refractivity contribution in [3.8, 4) is 0 Å². The van der Waals surface area contributed by atoms with Crippen LogP contribution in [0.1, 0.15) is 45.5 Å². The summed E-state index contributed by atoms with van der Waals surface area (Å²) in [6.45, 7) is 5.33. The number of carbonyl (C=O) groups excluding carboxylic acids is 3. The molecule has 0 unspecified atom stereocenters. The van der Waals surface area contributed by atoms with E-state index >= 15 is 0 Å². The Morgan fingerprint density at radius 3 is 2.45 bits per heavy atom. The number of amides is 1. The molecule has 4 rings (SSSR count). The summed E-state index contributed by atoms with van der Waals surface area (Å²) in [5.41, 5.74) is 4.12. The molecule has 0 aliphatic carbocycles. The molecule has 0 bridgehead atoms. The fourth-order valence-corrected chi connectivity index (χ4v) is 6.39. The lowest BCUT2D eigenvalue weighted by Gasteiger charge is -2.33. The zero-order valence-electron chi connectivity index (χ0n) is 17.7. The number of nitrogens with zero attached hydrogens (tertiary/aromatic N) is 1. The summed E-state index contributed by atoms with van der Waals surface area (Å²) in [5.74, 6) is -0.948. The first-order valence-electron chi connectivity index (χ1n) is 10.2. The molecule has 0 saturated carbocycles. The van der Waals surface area contributed by atoms with Crippen molar-refractivity contribution in [2.24, 2.45) is 0 Å². The highest BCUT2D eigenvalue weighted by atomic mass is 32.2. The molecule has 2 aromatic rings. The summed E-state index contributed by atoms with van der Waals surface area (Å²) in [6, 6.07) is 9.13. The molecule has 0 radical (unpaired) electrons. The summed E-state index contributed by atoms with van der Waals surface area (Å²) in [6.07, 6.45) is 0.863. The van der Waals surface area contributed by atoms with Crippen LogP contribution in [-0.4, -0.2) is 41.0 Å². The molecule has 7 heteroatoms. The van der Waals surface area contributed by atoms with Crippen molar-refractivity contribution < 1.29 is 23.5 Å². The van der Waals surface area contributed by atoms with Gasteiger partial charge < -0.3 is 9.64 Å². The zero-order valence-corrected chi connectivity index (χ0v) is 18.6. The number of ether oxygens (including phenoxy) is 1. The number of halogens is 1. The van der Waals surface area contributed by atoms with E-state index in [1.165, 1.54) is 23.9 Å². The Morgan fingerprint density at radius 1 is 1.16 bits per heavy atom. The highest BCUT2D eigenvalue weighted by molar-refractivity contribution is 8.00. The molecule has 31 heavy (non-hydrogen) atoms. The second kappa shape index (κ2) is 8.11. The van der Waals surface area contributed by atoms with Gasteiger partial charge in [0.15, 0.2) is 6.61 Å². The first kappa shape index (κ1) is 21.6. The Morgan fingerprint density at radius 2 is 1.81 bits per heavy atom. The molecular weight excluding hydrogens is 417 g/mol. The second-order valence-corrected chi connectivity index (χ2v) is 9.48. The molecular formula is C24H24FNO4S. The van der Waals surface area contributed by atoms with Crippen molar-refractivity contribution in [2.45, 2.75) is 44.5 Å². The van der Waals surface area contributed by atoms with Gasteiger partial charge in [-0.1, -0.05) is 29.8 Å². The number of carbonyl (C=O) groups is 3. The zero-order chi connectivity index (χ0) is 22.3. The fourth-order valence-electron chi connectivity index (χ4n) is 4.75. The third-order valence-corrected chi connectivity index (χ3v) is 7.59. The van der Waals surface area contributed by atoms with E-state index in [0.29, 0.717) is 24.2 Å². The summed E-state index contributed by atoms with van der Waals surface area (Å²) in [5, 5.41) is 0. The average Bonchev–Trinajstić information content (AvgIpc) is 3.25. The minimum absolute atomic E-state index is 0.132. The van der Waals surface area contributed by atoms with Gasteiger partial charge in [-0.25, -0.2) is 9.18 Å². The van der Waals surface area contributed by atoms with Crippen molar-refractivity contribution in [1.82, 2.24) is 4.90 Å². The van der Waals surface area contributed by atoms with Crippen molar-refractivity contribution in [3.63, 3.8) is 0 Å². The van der Waals surface area contributed by atoms with E-state index in [1.54, 1.807) is 17.0 Å². The molecule has 2 saturated heterocycles. The average molecular weight is 442 g/mol. The Hall–Kier alpha value is -2.67. The quantitative estimate of drug-likeness (QED) is 0.517. The van der Waals surface area contributed by atoms with Crippen LogP contribution in [0.15, 0.2) is 36.4 Å². The first-order valence-corrected chi connectivity index (χ1v) is 11.2. The number of thioether (sulfide) groups is 1. The maximum atomic E-state index is 13.4. The molecule has 2 aliphatic rings. The van der Waals surface area contributed by atoms with Crippen molar-refractivity contribution in [3.05, 3.63) is 70.0 Å². The Labute approximate surface area is 185 Å². The number of ketones is 1. The molecule has 2 aliphatic heterocycles. The van der Waals surface area contributed by atoms with Crippen LogP contribution in [0.4, 0.5) is 4.39 Å². The molecule has 0 aromatic heterocycles. The summed E-state index contributed by atoms with van der Waals surface area (Å²) in [7, 11) is 0. The molecule has 5 nitrogen and oxygen atoms in total. The number of fused-ring (bicyclic) bond motifs is 1. The van der Waals surface area contributed by atoms with Gasteiger partial charge in [-0.15, -0.1) is 11.8 Å². The van der Waals surface area contributed by atoms with Gasteiger partial charge in [-0.3, -0.25) is 9.59 Å². The van der Waals surface area contributed by atoms with Gasteiger partial charge >= 0.3 is 5.97 Å². The highest BCUT2D eigenvalue weighted by Gasteiger charge is 2.57. The van der Waals surface area contributed by atoms with Crippen LogP contribution < -0.4 is 0 Å². The molecule has 1 amide bonds. The van der Waals surface area contributed by atoms with Gasteiger partial charge in [0.05, 0.1) is 0 Å². The second-order valence-electron chi connectivity index (χ2n) is 8.19. The van der Waals surface area contributed by atoms with Gasteiger partial charge in [0.25, 0.3) is 0 Å². The lowest BCUT2D eigenvalue weighted by molar-refractivity contribution is -0.152. The van der Waals surface area contributed by atoms with Crippen LogP contribution in [0.25, 0.3) is 0 Å². The Bertz CT molecular complexity index is 1040. The Kier molecular flexibility index (Phi) is 5.64. The van der Waals surface area contributed by atoms with Gasteiger partial charge in [0.1, 0.15) is 16.7 Å². The predicted molar refractivity (Wildman–Crippen MR) is 116 cm³/mol. The van der Waals surface area contributed by atoms with Crippen molar-refractivity contribution in [2.75, 3.05) is 12.4 Å². The minimum atomic E-state index is -0.766. The molecule has 2 aromatic carbocycles. The summed E-state index contributed by atoms with van der Waals surface area (Å²) >= 11 is 1.49. The number of aryl methyl sites for hydroxylation is 3. The van der Waals surface area contributed by atoms with E-state index in [4.69, 9.17) is 4.74 Å². The van der Waals surface area contributed by atoms with E-state index in [2.05, 4.69) is 0 Å². The first-order chi connectivity index (χ1) is 14.7. The topological polar surface area (TPSA) is 63.7 Å². The number of benzene rings is 2. The minimum Gasteiger partial charge on any atom is -0.456 e. The molecule has 2 fully saturated rings. The van der Waals surface area contributed by atoms with Crippen LogP contribution in [0, 0.1) is 26.6 Å². The summed E-state index contributed by atoms with van der Waals surface area (Å²) < 4.78 is 18.8. The van der Waals surface area contributed by atoms with E-state index in [-0.39, 0.29) is 24.1 Å². The van der Waals surface area contributed by atoms with Gasteiger partial charge in [-0.2, -0.15) is 0 Å². The molecule has 0 N–H and O–H groups in total. The standard InChI is InChI=1S/C24H24FNO4S/c1-14-10-15(2)22(16(3)11-14)20(27)12-30-23(29)19-13-31-24(9-8-21(28)26(19)24)17-4-6-18(25)7-5-17/h4-7,10-11,19H,8-9,12-13H2,1-3H3/t19-,24+/m0/s1. The molecule has 2 heterocycles. The predicted octanol–water partition coefficient (Wildman–Crippen LogP) is 4.07. The third-order valence-electron chi connectivity index (χ3n) is 6.00. The fraction of sp³-hybridized carbons (Fsp3) is 0.375. The van der Waals surface area contributed by atoms with Crippen molar-refractivity contribution in [1.29, 1.82) is 0 Å². The SMILES string of the molecule is Cc1cc(C)c(C(=O)COC(=O)[C@@H]2CS[C@@]3(c4ccc(F)cc4)CCC(=O)N23)c(C)c1. The Balaban J connectivity index is 1.50. The van der Waals surface area contributed by atoms with Crippen LogP contribution >= 0.6 is 11.8 Å². The third kappa shape index (κ3) is 3.76. The largest absolute Gasteiger partial charge is 0.456 e. The van der Waals surface area contributed by atoms with Gasteiger partial charge in [-0.05, 0) is 56.0 Å². The maximum absolute atomic E-state index is 13.4. The molecule has 0 spiro atoms. The smallest absolute Gasteiger partial charge is 0.330 e. The van der Waals surface area contributed by atoms with Gasteiger partial charge in [0, 0.05) is 17.7 Å².